The molecule has 0 saturated carbocycles. The van der Waals surface area contributed by atoms with E-state index in [1.54, 1.807) is 19.4 Å². The molecule has 2 aromatic rings. The summed E-state index contributed by atoms with van der Waals surface area (Å²) < 4.78 is 5.22. The van der Waals surface area contributed by atoms with Crippen LogP contribution in [0.5, 0.6) is 5.75 Å². The van der Waals surface area contributed by atoms with E-state index in [1.807, 2.05) is 25.1 Å². The first kappa shape index (κ1) is 17.0. The van der Waals surface area contributed by atoms with Crippen molar-refractivity contribution in [2.24, 2.45) is 0 Å². The lowest BCUT2D eigenvalue weighted by atomic mass is 10.0. The molecule has 1 aliphatic heterocycles. The number of methoxy groups -OCH3 is 1. The quantitative estimate of drug-likeness (QED) is 0.926. The van der Waals surface area contributed by atoms with Crippen LogP contribution in [-0.4, -0.2) is 46.6 Å². The van der Waals surface area contributed by atoms with Gasteiger partial charge in [0.2, 0.25) is 0 Å². The van der Waals surface area contributed by atoms with Crippen molar-refractivity contribution in [2.75, 3.05) is 13.7 Å². The van der Waals surface area contributed by atoms with Crippen molar-refractivity contribution in [1.29, 1.82) is 0 Å². The largest absolute Gasteiger partial charge is 0.497 e. The summed E-state index contributed by atoms with van der Waals surface area (Å²) in [5.74, 6) is -0.478. The summed E-state index contributed by atoms with van der Waals surface area (Å²) in [5, 5.41) is 9.28. The minimum absolute atomic E-state index is 0.287. The van der Waals surface area contributed by atoms with Crippen molar-refractivity contribution in [1.82, 2.24) is 9.88 Å². The number of carbonyl (C=O) groups is 2. The van der Waals surface area contributed by atoms with Crippen LogP contribution in [0.1, 0.15) is 28.8 Å². The van der Waals surface area contributed by atoms with Gasteiger partial charge < -0.3 is 14.7 Å². The predicted molar refractivity (Wildman–Crippen MR) is 92.7 cm³/mol. The van der Waals surface area contributed by atoms with E-state index < -0.39 is 12.0 Å². The van der Waals surface area contributed by atoms with Crippen molar-refractivity contribution in [3.05, 3.63) is 47.8 Å². The number of pyridine rings is 1. The summed E-state index contributed by atoms with van der Waals surface area (Å²) in [5.41, 5.74) is 3.19. The molecule has 0 radical (unpaired) electrons. The second kappa shape index (κ2) is 6.93. The zero-order valence-electron chi connectivity index (χ0n) is 14.2. The Labute approximate surface area is 146 Å². The van der Waals surface area contributed by atoms with E-state index in [9.17, 15) is 14.7 Å². The van der Waals surface area contributed by atoms with Crippen LogP contribution in [0.15, 0.2) is 36.7 Å². The molecule has 1 aliphatic rings. The number of ether oxygens (including phenoxy) is 1. The summed E-state index contributed by atoms with van der Waals surface area (Å²) in [4.78, 5) is 29.7. The van der Waals surface area contributed by atoms with Gasteiger partial charge in [-0.25, -0.2) is 4.79 Å². The van der Waals surface area contributed by atoms with Crippen molar-refractivity contribution < 1.29 is 19.4 Å². The number of aryl methyl sites for hydroxylation is 1. The standard InChI is InChI=1S/C19H20N2O4/c1-12-8-15(25-2)5-6-16(12)13-9-14(11-20-10-13)18(22)21-7-3-4-17(21)19(23)24/h5-6,8-11,17H,3-4,7H2,1-2H3,(H,23,24). The summed E-state index contributed by atoms with van der Waals surface area (Å²) in [6.45, 7) is 2.43. The summed E-state index contributed by atoms with van der Waals surface area (Å²) in [6.07, 6.45) is 4.38. The number of amides is 1. The topological polar surface area (TPSA) is 79.7 Å². The van der Waals surface area contributed by atoms with Crippen molar-refractivity contribution in [3.8, 4) is 16.9 Å². The number of carboxylic acid groups (broad SMARTS) is 1. The molecule has 1 fully saturated rings. The molecule has 1 aromatic carbocycles. The fraction of sp³-hybridized carbons (Fsp3) is 0.316. The Bertz CT molecular complexity index is 819. The number of carboxylic acids is 1. The first-order valence-electron chi connectivity index (χ1n) is 8.15. The number of rotatable bonds is 4. The van der Waals surface area contributed by atoms with E-state index in [-0.39, 0.29) is 5.91 Å². The van der Waals surface area contributed by atoms with E-state index in [0.29, 0.717) is 24.9 Å². The molecule has 0 aliphatic carbocycles. The Morgan fingerprint density at radius 2 is 2.08 bits per heavy atom. The van der Waals surface area contributed by atoms with Gasteiger partial charge in [0.05, 0.1) is 12.7 Å². The van der Waals surface area contributed by atoms with Gasteiger partial charge in [-0.2, -0.15) is 0 Å². The number of aromatic nitrogens is 1. The number of carbonyl (C=O) groups excluding carboxylic acids is 1. The fourth-order valence-corrected chi connectivity index (χ4v) is 3.22. The van der Waals surface area contributed by atoms with Crippen molar-refractivity contribution in [2.45, 2.75) is 25.8 Å². The van der Waals surface area contributed by atoms with Crippen molar-refractivity contribution >= 4 is 11.9 Å². The molecule has 1 N–H and O–H groups in total. The summed E-state index contributed by atoms with van der Waals surface area (Å²) in [7, 11) is 1.62. The summed E-state index contributed by atoms with van der Waals surface area (Å²) >= 11 is 0. The van der Waals surface area contributed by atoms with Gasteiger partial charge in [0.15, 0.2) is 0 Å². The lowest BCUT2D eigenvalue weighted by molar-refractivity contribution is -0.141. The van der Waals surface area contributed by atoms with Gasteiger partial charge in [0.25, 0.3) is 5.91 Å². The van der Waals surface area contributed by atoms with E-state index in [2.05, 4.69) is 4.98 Å². The molecule has 0 spiro atoms. The van der Waals surface area contributed by atoms with E-state index in [0.717, 1.165) is 22.4 Å². The van der Waals surface area contributed by atoms with Crippen LogP contribution in [-0.2, 0) is 4.79 Å². The highest BCUT2D eigenvalue weighted by atomic mass is 16.5. The number of likely N-dealkylation sites (tertiary alicyclic amines) is 1. The molecule has 1 aromatic heterocycles. The van der Waals surface area contributed by atoms with Gasteiger partial charge >= 0.3 is 5.97 Å². The average molecular weight is 340 g/mol. The second-order valence-corrected chi connectivity index (χ2v) is 6.14. The van der Waals surface area contributed by atoms with E-state index in [4.69, 9.17) is 4.74 Å². The molecule has 1 saturated heterocycles. The molecular formula is C19H20N2O4. The van der Waals surface area contributed by atoms with E-state index >= 15 is 0 Å². The first-order chi connectivity index (χ1) is 12.0. The van der Waals surface area contributed by atoms with Gasteiger partial charge in [-0.3, -0.25) is 9.78 Å². The molecule has 130 valence electrons. The molecule has 1 unspecified atom stereocenters. The monoisotopic (exact) mass is 340 g/mol. The van der Waals surface area contributed by atoms with Crippen LogP contribution >= 0.6 is 0 Å². The third-order valence-electron chi connectivity index (χ3n) is 4.53. The molecule has 6 heteroatoms. The maximum absolute atomic E-state index is 12.7. The number of hydrogen-bond acceptors (Lipinski definition) is 4. The number of benzene rings is 1. The molecule has 2 heterocycles. The molecule has 1 atom stereocenters. The van der Waals surface area contributed by atoms with Gasteiger partial charge in [-0.1, -0.05) is 6.07 Å². The van der Waals surface area contributed by atoms with E-state index in [1.165, 1.54) is 11.1 Å². The first-order valence-corrected chi connectivity index (χ1v) is 8.15. The SMILES string of the molecule is COc1ccc(-c2cncc(C(=O)N3CCCC3C(=O)O)c2)c(C)c1. The van der Waals surface area contributed by atoms with Gasteiger partial charge in [0, 0.05) is 24.5 Å². The maximum Gasteiger partial charge on any atom is 0.326 e. The fourth-order valence-electron chi connectivity index (χ4n) is 3.22. The zero-order chi connectivity index (χ0) is 18.0. The minimum atomic E-state index is -0.957. The van der Waals surface area contributed by atoms with Crippen LogP contribution < -0.4 is 4.74 Å². The lowest BCUT2D eigenvalue weighted by Gasteiger charge is -2.21. The third kappa shape index (κ3) is 3.33. The van der Waals surface area contributed by atoms with Gasteiger partial charge in [0.1, 0.15) is 11.8 Å². The Kier molecular flexibility index (Phi) is 4.70. The van der Waals surface area contributed by atoms with Crippen LogP contribution in [0.2, 0.25) is 0 Å². The summed E-state index contributed by atoms with van der Waals surface area (Å²) in [6, 6.07) is 6.72. The Hall–Kier alpha value is -2.89. The normalized spacial score (nSPS) is 16.7. The van der Waals surface area contributed by atoms with Crippen molar-refractivity contribution in [3.63, 3.8) is 0 Å². The molecule has 1 amide bonds. The number of aliphatic carboxylic acids is 1. The molecule has 3 rings (SSSR count). The van der Waals surface area contributed by atoms with Gasteiger partial charge in [-0.05, 0) is 49.1 Å². The molecule has 0 bridgehead atoms. The van der Waals surface area contributed by atoms with Crippen LogP contribution in [0.25, 0.3) is 11.1 Å². The maximum atomic E-state index is 12.7. The lowest BCUT2D eigenvalue weighted by Crippen LogP contribution is -2.40. The Morgan fingerprint density at radius 3 is 2.76 bits per heavy atom. The van der Waals surface area contributed by atoms with Crippen LogP contribution in [0.4, 0.5) is 0 Å². The molecular weight excluding hydrogens is 320 g/mol. The Morgan fingerprint density at radius 1 is 1.28 bits per heavy atom. The highest BCUT2D eigenvalue weighted by Crippen LogP contribution is 2.28. The van der Waals surface area contributed by atoms with Gasteiger partial charge in [-0.15, -0.1) is 0 Å². The zero-order valence-corrected chi connectivity index (χ0v) is 14.2. The minimum Gasteiger partial charge on any atom is -0.497 e. The number of nitrogens with zero attached hydrogens (tertiary/aromatic N) is 2. The highest BCUT2D eigenvalue weighted by Gasteiger charge is 2.34. The molecule has 6 nitrogen and oxygen atoms in total. The number of hydrogen-bond donors (Lipinski definition) is 1. The predicted octanol–water partition coefficient (Wildman–Crippen LogP) is 2.75. The Balaban J connectivity index is 1.91. The molecule has 25 heavy (non-hydrogen) atoms. The second-order valence-electron chi connectivity index (χ2n) is 6.14. The van der Waals surface area contributed by atoms with Crippen LogP contribution in [0, 0.1) is 6.92 Å². The smallest absolute Gasteiger partial charge is 0.326 e. The van der Waals surface area contributed by atoms with Crippen LogP contribution in [0.3, 0.4) is 0 Å². The highest BCUT2D eigenvalue weighted by molar-refractivity contribution is 5.97. The average Bonchev–Trinajstić information content (AvgIpc) is 3.11. The third-order valence-corrected chi connectivity index (χ3v) is 4.53.